The molecule has 1 aliphatic rings. The van der Waals surface area contributed by atoms with Gasteiger partial charge in [0.15, 0.2) is 0 Å². The molecule has 0 bridgehead atoms. The van der Waals surface area contributed by atoms with Crippen LogP contribution in [0, 0.1) is 29.5 Å². The number of hydrogen-bond donors (Lipinski definition) is 0. The van der Waals surface area contributed by atoms with Crippen LogP contribution in [0.2, 0.25) is 5.02 Å². The predicted molar refractivity (Wildman–Crippen MR) is 109 cm³/mol. The molecule has 0 saturated heterocycles. The van der Waals surface area contributed by atoms with Gasteiger partial charge in [-0.15, -0.1) is 0 Å². The Hall–Kier alpha value is -2.04. The fraction of sp³-hybridized carbons (Fsp3) is 0.333. The molecular formula is C24H24ClF. The van der Waals surface area contributed by atoms with E-state index in [2.05, 4.69) is 30.9 Å². The summed E-state index contributed by atoms with van der Waals surface area (Å²) in [5, 5.41) is 0.150. The van der Waals surface area contributed by atoms with E-state index in [0.29, 0.717) is 5.92 Å². The Labute approximate surface area is 161 Å². The van der Waals surface area contributed by atoms with Crippen LogP contribution in [0.25, 0.3) is 11.1 Å². The second-order valence-corrected chi connectivity index (χ2v) is 7.41. The van der Waals surface area contributed by atoms with Gasteiger partial charge in [-0.05, 0) is 80.3 Å². The van der Waals surface area contributed by atoms with Gasteiger partial charge in [0, 0.05) is 11.5 Å². The first kappa shape index (κ1) is 18.7. The van der Waals surface area contributed by atoms with Crippen LogP contribution in [0.3, 0.4) is 0 Å². The highest BCUT2D eigenvalue weighted by atomic mass is 35.5. The highest BCUT2D eigenvalue weighted by molar-refractivity contribution is 6.30. The summed E-state index contributed by atoms with van der Waals surface area (Å²) in [6.07, 6.45) is 10.6. The molecule has 2 aromatic carbocycles. The minimum Gasteiger partial charge on any atom is -0.205 e. The van der Waals surface area contributed by atoms with Gasteiger partial charge in [-0.2, -0.15) is 0 Å². The standard InChI is InChI=1S/C24H24ClF/c1-2-3-4-18-5-7-19(8-6-18)9-10-20-11-13-21(14-12-20)22-15-16-23(25)24(26)17-22/h2-3,11-19H,4-8H2,1H3/b3-2+. The fourth-order valence-corrected chi connectivity index (χ4v) is 3.60. The van der Waals surface area contributed by atoms with Crippen LogP contribution in [0.5, 0.6) is 0 Å². The number of halogens is 2. The van der Waals surface area contributed by atoms with Crippen molar-refractivity contribution in [3.8, 4) is 23.0 Å². The molecule has 0 heterocycles. The maximum absolute atomic E-state index is 13.6. The van der Waals surface area contributed by atoms with E-state index in [9.17, 15) is 4.39 Å². The Morgan fingerprint density at radius 2 is 1.73 bits per heavy atom. The summed E-state index contributed by atoms with van der Waals surface area (Å²) in [5.74, 6) is 7.72. The molecule has 0 N–H and O–H groups in total. The monoisotopic (exact) mass is 366 g/mol. The molecule has 0 aromatic heterocycles. The molecule has 2 aromatic rings. The van der Waals surface area contributed by atoms with Crippen LogP contribution in [0.15, 0.2) is 54.6 Å². The lowest BCUT2D eigenvalue weighted by Crippen LogP contribution is -2.12. The summed E-state index contributed by atoms with van der Waals surface area (Å²) in [5.41, 5.74) is 2.81. The maximum Gasteiger partial charge on any atom is 0.142 e. The topological polar surface area (TPSA) is 0 Å². The minimum atomic E-state index is -0.391. The van der Waals surface area contributed by atoms with Crippen molar-refractivity contribution >= 4 is 11.6 Å². The third-order valence-electron chi connectivity index (χ3n) is 5.11. The van der Waals surface area contributed by atoms with Crippen LogP contribution in [0.4, 0.5) is 4.39 Å². The van der Waals surface area contributed by atoms with E-state index in [-0.39, 0.29) is 5.02 Å². The third kappa shape index (κ3) is 4.99. The van der Waals surface area contributed by atoms with Crippen molar-refractivity contribution in [2.75, 3.05) is 0 Å². The minimum absolute atomic E-state index is 0.150. The average molecular weight is 367 g/mol. The van der Waals surface area contributed by atoms with Crippen LogP contribution in [-0.4, -0.2) is 0 Å². The Balaban J connectivity index is 1.60. The van der Waals surface area contributed by atoms with E-state index in [1.807, 2.05) is 30.3 Å². The van der Waals surface area contributed by atoms with Gasteiger partial charge in [-0.25, -0.2) is 4.39 Å². The summed E-state index contributed by atoms with van der Waals surface area (Å²) in [6, 6.07) is 12.9. The zero-order valence-corrected chi connectivity index (χ0v) is 15.9. The van der Waals surface area contributed by atoms with E-state index in [4.69, 9.17) is 11.6 Å². The van der Waals surface area contributed by atoms with Crippen molar-refractivity contribution in [1.82, 2.24) is 0 Å². The lowest BCUT2D eigenvalue weighted by atomic mass is 9.81. The molecule has 0 radical (unpaired) electrons. The summed E-state index contributed by atoms with van der Waals surface area (Å²) in [6.45, 7) is 2.09. The van der Waals surface area contributed by atoms with Crippen molar-refractivity contribution in [3.63, 3.8) is 0 Å². The van der Waals surface area contributed by atoms with Gasteiger partial charge in [0.2, 0.25) is 0 Å². The van der Waals surface area contributed by atoms with Crippen molar-refractivity contribution in [1.29, 1.82) is 0 Å². The third-order valence-corrected chi connectivity index (χ3v) is 5.42. The number of benzene rings is 2. The average Bonchev–Trinajstić information content (AvgIpc) is 2.68. The van der Waals surface area contributed by atoms with E-state index >= 15 is 0 Å². The number of hydrogen-bond acceptors (Lipinski definition) is 0. The fourth-order valence-electron chi connectivity index (χ4n) is 3.48. The van der Waals surface area contributed by atoms with Crippen molar-refractivity contribution in [2.24, 2.45) is 11.8 Å². The zero-order valence-electron chi connectivity index (χ0n) is 15.1. The second kappa shape index (κ2) is 9.06. The van der Waals surface area contributed by atoms with E-state index in [0.717, 1.165) is 22.6 Å². The lowest BCUT2D eigenvalue weighted by Gasteiger charge is -2.24. The normalized spacial score (nSPS) is 20.0. The Morgan fingerprint density at radius 1 is 1.04 bits per heavy atom. The predicted octanol–water partition coefficient (Wildman–Crippen LogP) is 7.27. The van der Waals surface area contributed by atoms with E-state index in [1.54, 1.807) is 6.07 Å². The molecule has 1 fully saturated rings. The van der Waals surface area contributed by atoms with Crippen LogP contribution in [0.1, 0.15) is 44.6 Å². The largest absolute Gasteiger partial charge is 0.205 e. The Kier molecular flexibility index (Phi) is 6.53. The quantitative estimate of drug-likeness (QED) is 0.395. The summed E-state index contributed by atoms with van der Waals surface area (Å²) in [7, 11) is 0. The van der Waals surface area contributed by atoms with Crippen LogP contribution in [-0.2, 0) is 0 Å². The molecule has 0 nitrogen and oxygen atoms in total. The first-order valence-corrected chi connectivity index (χ1v) is 9.71. The Bertz CT molecular complexity index is 816. The molecular weight excluding hydrogens is 343 g/mol. The highest BCUT2D eigenvalue weighted by Crippen LogP contribution is 2.31. The molecule has 0 aliphatic heterocycles. The van der Waals surface area contributed by atoms with Gasteiger partial charge in [-0.1, -0.05) is 53.8 Å². The highest BCUT2D eigenvalue weighted by Gasteiger charge is 2.18. The maximum atomic E-state index is 13.6. The molecule has 1 saturated carbocycles. The van der Waals surface area contributed by atoms with Crippen molar-refractivity contribution in [3.05, 3.63) is 71.0 Å². The number of allylic oxidation sites excluding steroid dienone is 2. The van der Waals surface area contributed by atoms with Crippen LogP contribution < -0.4 is 0 Å². The van der Waals surface area contributed by atoms with E-state index in [1.165, 1.54) is 38.2 Å². The second-order valence-electron chi connectivity index (χ2n) is 7.00. The lowest BCUT2D eigenvalue weighted by molar-refractivity contribution is 0.319. The molecule has 0 spiro atoms. The van der Waals surface area contributed by atoms with Crippen molar-refractivity contribution < 1.29 is 4.39 Å². The molecule has 0 amide bonds. The zero-order chi connectivity index (χ0) is 18.4. The first-order chi connectivity index (χ1) is 12.7. The Morgan fingerprint density at radius 3 is 2.38 bits per heavy atom. The number of rotatable bonds is 3. The smallest absolute Gasteiger partial charge is 0.142 e. The van der Waals surface area contributed by atoms with Crippen molar-refractivity contribution in [2.45, 2.75) is 39.0 Å². The summed E-state index contributed by atoms with van der Waals surface area (Å²) in [4.78, 5) is 0. The van der Waals surface area contributed by atoms with Gasteiger partial charge in [0.1, 0.15) is 5.82 Å². The molecule has 0 unspecified atom stereocenters. The summed E-state index contributed by atoms with van der Waals surface area (Å²) < 4.78 is 13.6. The van der Waals surface area contributed by atoms with Gasteiger partial charge in [-0.3, -0.25) is 0 Å². The van der Waals surface area contributed by atoms with Gasteiger partial charge in [0.25, 0.3) is 0 Å². The van der Waals surface area contributed by atoms with Gasteiger partial charge >= 0.3 is 0 Å². The molecule has 134 valence electrons. The molecule has 2 heteroatoms. The van der Waals surface area contributed by atoms with Crippen LogP contribution >= 0.6 is 11.6 Å². The molecule has 0 atom stereocenters. The van der Waals surface area contributed by atoms with Gasteiger partial charge < -0.3 is 0 Å². The molecule has 26 heavy (non-hydrogen) atoms. The molecule has 3 rings (SSSR count). The van der Waals surface area contributed by atoms with E-state index < -0.39 is 5.82 Å². The summed E-state index contributed by atoms with van der Waals surface area (Å²) >= 11 is 5.75. The SMILES string of the molecule is C/C=C/CC1CCC(C#Cc2ccc(-c3ccc(Cl)c(F)c3)cc2)CC1. The first-order valence-electron chi connectivity index (χ1n) is 9.34. The molecule has 1 aliphatic carbocycles. The van der Waals surface area contributed by atoms with Gasteiger partial charge in [0.05, 0.1) is 5.02 Å².